The Morgan fingerprint density at radius 3 is 2.38 bits per heavy atom. The molecule has 1 N–H and O–H groups in total. The minimum Gasteiger partial charge on any atom is -0.486 e. The predicted octanol–water partition coefficient (Wildman–Crippen LogP) is 1.99. The monoisotopic (exact) mass is 417 g/mol. The Kier molecular flexibility index (Phi) is 5.16. The Labute approximate surface area is 156 Å². The molecule has 1 heterocycles. The van der Waals surface area contributed by atoms with Crippen LogP contribution in [0.15, 0.2) is 46.2 Å². The maximum absolute atomic E-state index is 12.5. The smallest absolute Gasteiger partial charge is 0.242 e. The summed E-state index contributed by atoms with van der Waals surface area (Å²) in [5.74, 6) is 1.15. The third-order valence-corrected chi connectivity index (χ3v) is 6.69. The molecule has 0 atom stereocenters. The Balaban J connectivity index is 1.84. The number of nitrogens with one attached hydrogen (secondary N) is 1. The molecule has 2 aromatic rings. The van der Waals surface area contributed by atoms with Gasteiger partial charge in [0, 0.05) is 12.8 Å². The van der Waals surface area contributed by atoms with Crippen molar-refractivity contribution in [3.63, 3.8) is 0 Å². The lowest BCUT2D eigenvalue weighted by Crippen LogP contribution is -2.24. The van der Waals surface area contributed by atoms with E-state index in [0.29, 0.717) is 30.3 Å². The van der Waals surface area contributed by atoms with Crippen molar-refractivity contribution in [2.24, 2.45) is 0 Å². The molecular formula is C16H16ClNO6S2. The fourth-order valence-corrected chi connectivity index (χ4v) is 4.64. The van der Waals surface area contributed by atoms with Crippen LogP contribution in [0.1, 0.15) is 5.56 Å². The maximum Gasteiger partial charge on any atom is 0.242 e. The first kappa shape index (κ1) is 19.0. The molecule has 1 aliphatic rings. The number of ether oxygens (including phenoxy) is 2. The van der Waals surface area contributed by atoms with E-state index in [1.165, 1.54) is 12.1 Å². The van der Waals surface area contributed by atoms with Gasteiger partial charge in [-0.25, -0.2) is 21.6 Å². The summed E-state index contributed by atoms with van der Waals surface area (Å²) in [6, 6.07) is 8.66. The van der Waals surface area contributed by atoms with E-state index in [0.717, 1.165) is 12.3 Å². The summed E-state index contributed by atoms with van der Waals surface area (Å²) in [7, 11) is -7.57. The normalized spacial score (nSPS) is 14.2. The maximum atomic E-state index is 12.5. The molecule has 0 radical (unpaired) electrons. The zero-order valence-corrected chi connectivity index (χ0v) is 16.1. The molecule has 7 nitrogen and oxygen atoms in total. The van der Waals surface area contributed by atoms with Gasteiger partial charge in [0.05, 0.1) is 9.92 Å². The summed E-state index contributed by atoms with van der Waals surface area (Å²) in [4.78, 5) is -0.416. The molecule has 0 unspecified atom stereocenters. The molecule has 1 aliphatic heterocycles. The van der Waals surface area contributed by atoms with Gasteiger partial charge in [0.2, 0.25) is 10.0 Å². The van der Waals surface area contributed by atoms with E-state index in [1.54, 1.807) is 18.2 Å². The predicted molar refractivity (Wildman–Crippen MR) is 96.0 cm³/mol. The number of hydrogen-bond acceptors (Lipinski definition) is 6. The second-order valence-electron chi connectivity index (χ2n) is 5.67. The second kappa shape index (κ2) is 7.07. The van der Waals surface area contributed by atoms with Crippen LogP contribution in [0.3, 0.4) is 0 Å². The molecule has 3 rings (SSSR count). The number of halogens is 1. The minimum atomic E-state index is -4.01. The van der Waals surface area contributed by atoms with Crippen molar-refractivity contribution in [1.82, 2.24) is 4.72 Å². The zero-order valence-electron chi connectivity index (χ0n) is 13.7. The summed E-state index contributed by atoms with van der Waals surface area (Å²) in [6.45, 7) is 0.878. The van der Waals surface area contributed by atoms with Crippen LogP contribution in [0.25, 0.3) is 0 Å². The van der Waals surface area contributed by atoms with Gasteiger partial charge >= 0.3 is 0 Å². The van der Waals surface area contributed by atoms with Gasteiger partial charge in [0.15, 0.2) is 21.3 Å². The number of fused-ring (bicyclic) bond motifs is 1. The highest BCUT2D eigenvalue weighted by molar-refractivity contribution is 7.91. The van der Waals surface area contributed by atoms with Crippen LogP contribution in [0.4, 0.5) is 0 Å². The van der Waals surface area contributed by atoms with Crippen LogP contribution < -0.4 is 14.2 Å². The molecule has 0 amide bonds. The summed E-state index contributed by atoms with van der Waals surface area (Å²) in [5, 5.41) is -0.0629. The van der Waals surface area contributed by atoms with E-state index < -0.39 is 19.9 Å². The molecular weight excluding hydrogens is 402 g/mol. The number of hydrogen-bond donors (Lipinski definition) is 1. The summed E-state index contributed by atoms with van der Waals surface area (Å²) in [5.41, 5.74) is 0.660. The van der Waals surface area contributed by atoms with Gasteiger partial charge < -0.3 is 9.47 Å². The highest BCUT2D eigenvalue weighted by Crippen LogP contribution is 2.31. The third-order valence-electron chi connectivity index (χ3n) is 3.69. The van der Waals surface area contributed by atoms with Gasteiger partial charge in [-0.05, 0) is 35.9 Å². The van der Waals surface area contributed by atoms with Crippen molar-refractivity contribution in [2.45, 2.75) is 16.3 Å². The van der Waals surface area contributed by atoms with E-state index in [4.69, 9.17) is 21.1 Å². The average Bonchev–Trinajstić information content (AvgIpc) is 2.59. The molecule has 0 saturated carbocycles. The highest BCUT2D eigenvalue weighted by atomic mass is 35.5. The summed E-state index contributed by atoms with van der Waals surface area (Å²) in [6.07, 6.45) is 0.995. The molecule has 0 bridgehead atoms. The van der Waals surface area contributed by atoms with Crippen molar-refractivity contribution in [3.8, 4) is 11.5 Å². The molecule has 0 aromatic heterocycles. The van der Waals surface area contributed by atoms with Crippen molar-refractivity contribution < 1.29 is 26.3 Å². The summed E-state index contributed by atoms with van der Waals surface area (Å²) < 4.78 is 61.7. The number of rotatable bonds is 5. The Morgan fingerprint density at radius 2 is 1.69 bits per heavy atom. The molecule has 0 aliphatic carbocycles. The molecule has 0 spiro atoms. The van der Waals surface area contributed by atoms with Gasteiger partial charge in [0.25, 0.3) is 0 Å². The Bertz CT molecular complexity index is 1050. The lowest BCUT2D eigenvalue weighted by Gasteiger charge is -2.19. The first-order valence-corrected chi connectivity index (χ1v) is 11.3. The van der Waals surface area contributed by atoms with Crippen LogP contribution in [-0.2, 0) is 26.4 Å². The van der Waals surface area contributed by atoms with Crippen molar-refractivity contribution >= 4 is 31.5 Å². The van der Waals surface area contributed by atoms with Crippen molar-refractivity contribution in [3.05, 3.63) is 47.0 Å². The second-order valence-corrected chi connectivity index (χ2v) is 9.83. The standard InChI is InChI=1S/C16H16ClNO6S2/c1-25(19,20)12-3-4-13(17)16(9-12)26(21,22)18-10-11-2-5-14-15(8-11)24-7-6-23-14/h2-5,8-9,18H,6-7,10H2,1H3. The van der Waals surface area contributed by atoms with Gasteiger partial charge in [-0.3, -0.25) is 0 Å². The number of sulfonamides is 1. The molecule has 0 saturated heterocycles. The lowest BCUT2D eigenvalue weighted by molar-refractivity contribution is 0.171. The number of sulfone groups is 1. The van der Waals surface area contributed by atoms with Crippen LogP contribution in [0, 0.1) is 0 Å². The lowest BCUT2D eigenvalue weighted by atomic mass is 10.2. The average molecular weight is 418 g/mol. The van der Waals surface area contributed by atoms with Crippen LogP contribution in [0.2, 0.25) is 5.02 Å². The SMILES string of the molecule is CS(=O)(=O)c1ccc(Cl)c(S(=O)(=O)NCc2ccc3c(c2)OCCO3)c1. The highest BCUT2D eigenvalue weighted by Gasteiger charge is 2.21. The zero-order chi connectivity index (χ0) is 18.9. The first-order chi connectivity index (χ1) is 12.2. The first-order valence-electron chi connectivity index (χ1n) is 7.55. The Morgan fingerprint density at radius 1 is 1.00 bits per heavy atom. The third kappa shape index (κ3) is 4.12. The topological polar surface area (TPSA) is 98.8 Å². The van der Waals surface area contributed by atoms with Crippen molar-refractivity contribution in [2.75, 3.05) is 19.5 Å². The van der Waals surface area contributed by atoms with E-state index >= 15 is 0 Å². The minimum absolute atomic E-state index is 0.0155. The van der Waals surface area contributed by atoms with Crippen molar-refractivity contribution in [1.29, 1.82) is 0 Å². The van der Waals surface area contributed by atoms with Gasteiger partial charge in [-0.2, -0.15) is 0 Å². The summed E-state index contributed by atoms with van der Waals surface area (Å²) >= 11 is 5.96. The van der Waals surface area contributed by atoms with E-state index in [2.05, 4.69) is 4.72 Å². The molecule has 2 aromatic carbocycles. The molecule has 10 heteroatoms. The molecule has 140 valence electrons. The Hall–Kier alpha value is -1.81. The largest absolute Gasteiger partial charge is 0.486 e. The fraction of sp³-hybridized carbons (Fsp3) is 0.250. The van der Waals surface area contributed by atoms with Gasteiger partial charge in [-0.15, -0.1) is 0 Å². The van der Waals surface area contributed by atoms with E-state index in [9.17, 15) is 16.8 Å². The molecule has 26 heavy (non-hydrogen) atoms. The quantitative estimate of drug-likeness (QED) is 0.798. The van der Waals surface area contributed by atoms with Crippen LogP contribution >= 0.6 is 11.6 Å². The number of benzene rings is 2. The van der Waals surface area contributed by atoms with E-state index in [1.807, 2.05) is 0 Å². The van der Waals surface area contributed by atoms with Crippen LogP contribution in [0.5, 0.6) is 11.5 Å². The van der Waals surface area contributed by atoms with Crippen LogP contribution in [-0.4, -0.2) is 36.3 Å². The van der Waals surface area contributed by atoms with E-state index in [-0.39, 0.29) is 21.4 Å². The molecule has 0 fully saturated rings. The fourth-order valence-electron chi connectivity index (χ4n) is 2.37. The van der Waals surface area contributed by atoms with Gasteiger partial charge in [-0.1, -0.05) is 17.7 Å². The van der Waals surface area contributed by atoms with Gasteiger partial charge in [0.1, 0.15) is 18.1 Å².